The number of rotatable bonds is 1. The van der Waals surface area contributed by atoms with Crippen LogP contribution in [-0.2, 0) is 9.53 Å². The number of hydrogen-bond acceptors (Lipinski definition) is 3. The lowest BCUT2D eigenvalue weighted by atomic mass is 10.1. The summed E-state index contributed by atoms with van der Waals surface area (Å²) in [6, 6.07) is 0.289. The van der Waals surface area contributed by atoms with Gasteiger partial charge in [-0.15, -0.1) is 0 Å². The average Bonchev–Trinajstić information content (AvgIpc) is 3.12. The Morgan fingerprint density at radius 2 is 1.55 bits per heavy atom. The summed E-state index contributed by atoms with van der Waals surface area (Å²) in [5, 5.41) is 0. The number of fused-ring (bicyclic) bond motifs is 2. The molecule has 1 saturated carbocycles. The van der Waals surface area contributed by atoms with Gasteiger partial charge in [0, 0.05) is 19.0 Å². The number of hydrogen-bond donors (Lipinski definition) is 0. The van der Waals surface area contributed by atoms with E-state index in [-0.39, 0.29) is 24.1 Å². The van der Waals surface area contributed by atoms with Gasteiger partial charge < -0.3 is 9.64 Å². The molecule has 0 aromatic carbocycles. The van der Waals surface area contributed by atoms with Gasteiger partial charge >= 0.3 is 6.09 Å². The fourth-order valence-corrected chi connectivity index (χ4v) is 3.28. The van der Waals surface area contributed by atoms with Crippen LogP contribution in [0.3, 0.4) is 0 Å². The van der Waals surface area contributed by atoms with Gasteiger partial charge in [-0.05, 0) is 46.5 Å². The third kappa shape index (κ3) is 2.63. The van der Waals surface area contributed by atoms with E-state index in [0.29, 0.717) is 19.0 Å². The summed E-state index contributed by atoms with van der Waals surface area (Å²) in [4.78, 5) is 28.3. The van der Waals surface area contributed by atoms with Crippen molar-refractivity contribution in [2.24, 2.45) is 5.92 Å². The fraction of sp³-hybridized carbons (Fsp3) is 0.867. The molecule has 2 heterocycles. The number of piperazine rings is 1. The van der Waals surface area contributed by atoms with Crippen LogP contribution in [0.1, 0.15) is 46.5 Å². The molecule has 2 amide bonds. The third-order valence-corrected chi connectivity index (χ3v) is 4.32. The summed E-state index contributed by atoms with van der Waals surface area (Å²) in [5.41, 5.74) is -0.461. The minimum absolute atomic E-state index is 0.145. The van der Waals surface area contributed by atoms with Gasteiger partial charge in [0.05, 0.1) is 12.1 Å². The molecule has 20 heavy (non-hydrogen) atoms. The Morgan fingerprint density at radius 3 is 2.00 bits per heavy atom. The Hall–Kier alpha value is -1.26. The highest BCUT2D eigenvalue weighted by molar-refractivity contribution is 5.81. The molecule has 2 saturated heterocycles. The standard InChI is InChI=1S/C15H24N2O3/c1-15(2,3)20-14(19)17-11-6-7-12(17)9-16(8-11)13(18)10-4-5-10/h10-12H,4-9H2,1-3H3. The number of carbonyl (C=O) groups is 2. The zero-order valence-electron chi connectivity index (χ0n) is 12.6. The van der Waals surface area contributed by atoms with Crippen LogP contribution in [0.5, 0.6) is 0 Å². The van der Waals surface area contributed by atoms with E-state index in [4.69, 9.17) is 4.74 Å². The molecule has 2 bridgehead atoms. The number of carbonyl (C=O) groups excluding carboxylic acids is 2. The van der Waals surface area contributed by atoms with E-state index in [1.54, 1.807) is 0 Å². The quantitative estimate of drug-likeness (QED) is 0.738. The second-order valence-electron chi connectivity index (χ2n) is 7.29. The zero-order chi connectivity index (χ0) is 14.5. The predicted octanol–water partition coefficient (Wildman–Crippen LogP) is 2.01. The molecule has 5 nitrogen and oxygen atoms in total. The van der Waals surface area contributed by atoms with Crippen molar-refractivity contribution in [2.45, 2.75) is 64.1 Å². The van der Waals surface area contributed by atoms with Crippen molar-refractivity contribution >= 4 is 12.0 Å². The van der Waals surface area contributed by atoms with Crippen molar-refractivity contribution in [3.8, 4) is 0 Å². The van der Waals surface area contributed by atoms with E-state index in [0.717, 1.165) is 25.7 Å². The normalized spacial score (nSPS) is 29.6. The number of ether oxygens (including phenoxy) is 1. The van der Waals surface area contributed by atoms with Gasteiger partial charge in [-0.3, -0.25) is 9.69 Å². The van der Waals surface area contributed by atoms with Crippen molar-refractivity contribution in [1.82, 2.24) is 9.80 Å². The molecule has 2 aliphatic heterocycles. The summed E-state index contributed by atoms with van der Waals surface area (Å²) >= 11 is 0. The van der Waals surface area contributed by atoms with E-state index in [2.05, 4.69) is 0 Å². The Morgan fingerprint density at radius 1 is 1.00 bits per heavy atom. The molecule has 112 valence electrons. The van der Waals surface area contributed by atoms with Gasteiger partial charge in [-0.25, -0.2) is 4.79 Å². The Kier molecular flexibility index (Phi) is 3.18. The minimum Gasteiger partial charge on any atom is -0.444 e. The fourth-order valence-electron chi connectivity index (χ4n) is 3.28. The lowest BCUT2D eigenvalue weighted by molar-refractivity contribution is -0.135. The molecule has 0 aromatic rings. The lowest BCUT2D eigenvalue weighted by Gasteiger charge is -2.41. The molecular weight excluding hydrogens is 256 g/mol. The van der Waals surface area contributed by atoms with Crippen LogP contribution in [0, 0.1) is 5.92 Å². The van der Waals surface area contributed by atoms with Crippen LogP contribution in [0.25, 0.3) is 0 Å². The first kappa shape index (κ1) is 13.7. The monoisotopic (exact) mass is 280 g/mol. The van der Waals surface area contributed by atoms with Gasteiger partial charge in [0.15, 0.2) is 0 Å². The maximum absolute atomic E-state index is 12.3. The molecule has 1 aliphatic carbocycles. The highest BCUT2D eigenvalue weighted by atomic mass is 16.6. The average molecular weight is 280 g/mol. The maximum atomic E-state index is 12.3. The van der Waals surface area contributed by atoms with E-state index in [1.165, 1.54) is 0 Å². The lowest BCUT2D eigenvalue weighted by Crippen LogP contribution is -2.58. The van der Waals surface area contributed by atoms with Crippen molar-refractivity contribution in [2.75, 3.05) is 13.1 Å². The SMILES string of the molecule is CC(C)(C)OC(=O)N1C2CCC1CN(C(=O)C1CC1)C2. The molecule has 3 fully saturated rings. The summed E-state index contributed by atoms with van der Waals surface area (Å²) in [7, 11) is 0. The summed E-state index contributed by atoms with van der Waals surface area (Å²) in [6.07, 6.45) is 3.83. The Labute approximate surface area is 120 Å². The van der Waals surface area contributed by atoms with Crippen LogP contribution in [-0.4, -0.2) is 52.6 Å². The molecule has 0 aromatic heterocycles. The number of nitrogens with zero attached hydrogens (tertiary/aromatic N) is 2. The largest absolute Gasteiger partial charge is 0.444 e. The first-order chi connectivity index (χ1) is 9.35. The molecule has 3 rings (SSSR count). The second kappa shape index (κ2) is 4.64. The third-order valence-electron chi connectivity index (χ3n) is 4.32. The van der Waals surface area contributed by atoms with Gasteiger partial charge in [-0.1, -0.05) is 0 Å². The molecule has 0 spiro atoms. The van der Waals surface area contributed by atoms with Crippen LogP contribution in [0.15, 0.2) is 0 Å². The van der Waals surface area contributed by atoms with Crippen molar-refractivity contribution in [3.05, 3.63) is 0 Å². The first-order valence-electron chi connectivity index (χ1n) is 7.65. The molecule has 2 atom stereocenters. The second-order valence-corrected chi connectivity index (χ2v) is 7.29. The van der Waals surface area contributed by atoms with Crippen LogP contribution in [0.2, 0.25) is 0 Å². The smallest absolute Gasteiger partial charge is 0.410 e. The van der Waals surface area contributed by atoms with Gasteiger partial charge in [-0.2, -0.15) is 0 Å². The molecule has 0 radical (unpaired) electrons. The molecule has 0 N–H and O–H groups in total. The maximum Gasteiger partial charge on any atom is 0.410 e. The van der Waals surface area contributed by atoms with Crippen LogP contribution >= 0.6 is 0 Å². The number of likely N-dealkylation sites (tertiary alicyclic amines) is 1. The summed E-state index contributed by atoms with van der Waals surface area (Å²) in [5.74, 6) is 0.563. The van der Waals surface area contributed by atoms with Crippen molar-refractivity contribution in [3.63, 3.8) is 0 Å². The van der Waals surface area contributed by atoms with Crippen LogP contribution < -0.4 is 0 Å². The van der Waals surface area contributed by atoms with E-state index in [1.807, 2.05) is 30.6 Å². The topological polar surface area (TPSA) is 49.9 Å². The van der Waals surface area contributed by atoms with E-state index >= 15 is 0 Å². The highest BCUT2D eigenvalue weighted by Gasteiger charge is 2.47. The van der Waals surface area contributed by atoms with Crippen molar-refractivity contribution in [1.29, 1.82) is 0 Å². The summed E-state index contributed by atoms with van der Waals surface area (Å²) < 4.78 is 5.50. The minimum atomic E-state index is -0.461. The van der Waals surface area contributed by atoms with Crippen LogP contribution in [0.4, 0.5) is 4.79 Å². The first-order valence-corrected chi connectivity index (χ1v) is 7.65. The van der Waals surface area contributed by atoms with E-state index < -0.39 is 5.60 Å². The molecule has 3 aliphatic rings. The highest BCUT2D eigenvalue weighted by Crippen LogP contribution is 2.36. The Balaban J connectivity index is 1.65. The van der Waals surface area contributed by atoms with Gasteiger partial charge in [0.1, 0.15) is 5.60 Å². The molecule has 2 unspecified atom stereocenters. The predicted molar refractivity (Wildman–Crippen MR) is 74.2 cm³/mol. The van der Waals surface area contributed by atoms with Crippen molar-refractivity contribution < 1.29 is 14.3 Å². The van der Waals surface area contributed by atoms with Gasteiger partial charge in [0.25, 0.3) is 0 Å². The molecule has 5 heteroatoms. The van der Waals surface area contributed by atoms with Gasteiger partial charge in [0.2, 0.25) is 5.91 Å². The number of amides is 2. The van der Waals surface area contributed by atoms with E-state index in [9.17, 15) is 9.59 Å². The summed E-state index contributed by atoms with van der Waals surface area (Å²) in [6.45, 7) is 7.04. The zero-order valence-corrected chi connectivity index (χ0v) is 12.6. The Bertz CT molecular complexity index is 411. The molecular formula is C15H24N2O3.